The molecule has 0 bridgehead atoms. The Morgan fingerprint density at radius 1 is 0.970 bits per heavy atom. The zero-order valence-electron chi connectivity index (χ0n) is 20.6. The highest BCUT2D eigenvalue weighted by molar-refractivity contribution is 5.85. The predicted molar refractivity (Wildman–Crippen MR) is 140 cm³/mol. The van der Waals surface area contributed by atoms with E-state index < -0.39 is 0 Å². The van der Waals surface area contributed by atoms with Crippen LogP contribution in [0.15, 0.2) is 66.7 Å². The van der Waals surface area contributed by atoms with Crippen LogP contribution in [-0.4, -0.2) is 18.5 Å². The van der Waals surface area contributed by atoms with Crippen molar-refractivity contribution in [1.29, 1.82) is 0 Å². The van der Waals surface area contributed by atoms with E-state index in [-0.39, 0.29) is 11.3 Å². The van der Waals surface area contributed by atoms with Gasteiger partial charge in [-0.3, -0.25) is 4.79 Å². The summed E-state index contributed by atoms with van der Waals surface area (Å²) in [5, 5.41) is 3.44. The number of allylic oxidation sites excluding steroid dienone is 2. The van der Waals surface area contributed by atoms with E-state index in [1.165, 1.54) is 16.7 Å². The van der Waals surface area contributed by atoms with E-state index in [9.17, 15) is 4.79 Å². The number of rotatable bonds is 11. The number of benzene rings is 2. The summed E-state index contributed by atoms with van der Waals surface area (Å²) in [6, 6.07) is 21.5. The van der Waals surface area contributed by atoms with E-state index >= 15 is 0 Å². The maximum absolute atomic E-state index is 13.6. The molecule has 0 saturated heterocycles. The van der Waals surface area contributed by atoms with Gasteiger partial charge in [0.2, 0.25) is 5.91 Å². The standard InChI is InChI=1S/C30H42N2O/c1-3-30(4-2,29(33)32-28-20-18-25(23-31)19-21-28)22-27(26-15-9-6-10-16-26)17-11-14-24-12-7-5-8-13-24/h5-10,12-13,15-17,25,28H,3-4,11,14,18-23,31H2,1-2H3,(H,32,33)/b27-17-/t25-,28-. The molecule has 1 saturated carbocycles. The molecule has 1 fully saturated rings. The van der Waals surface area contributed by atoms with Crippen molar-refractivity contribution < 1.29 is 4.79 Å². The highest BCUT2D eigenvalue weighted by Gasteiger charge is 2.37. The average Bonchev–Trinajstić information content (AvgIpc) is 2.88. The summed E-state index contributed by atoms with van der Waals surface area (Å²) in [6.07, 6.45) is 11.2. The highest BCUT2D eigenvalue weighted by Crippen LogP contribution is 2.38. The molecule has 2 aromatic carbocycles. The fourth-order valence-corrected chi connectivity index (χ4v) is 5.15. The molecule has 3 heteroatoms. The first kappa shape index (κ1) is 25.2. The van der Waals surface area contributed by atoms with E-state index in [1.54, 1.807) is 0 Å². The van der Waals surface area contributed by atoms with Gasteiger partial charge in [-0.1, -0.05) is 80.6 Å². The lowest BCUT2D eigenvalue weighted by Gasteiger charge is -2.35. The molecule has 1 aliphatic rings. The quantitative estimate of drug-likeness (QED) is 0.412. The van der Waals surface area contributed by atoms with Gasteiger partial charge in [-0.15, -0.1) is 0 Å². The van der Waals surface area contributed by atoms with Crippen LogP contribution in [0.2, 0.25) is 0 Å². The zero-order valence-corrected chi connectivity index (χ0v) is 20.6. The number of amides is 1. The first-order valence-corrected chi connectivity index (χ1v) is 12.9. The number of hydrogen-bond acceptors (Lipinski definition) is 2. The van der Waals surface area contributed by atoms with Crippen molar-refractivity contribution in [3.63, 3.8) is 0 Å². The second-order valence-electron chi connectivity index (χ2n) is 9.71. The zero-order chi connectivity index (χ0) is 23.5. The van der Waals surface area contributed by atoms with Crippen LogP contribution >= 0.6 is 0 Å². The summed E-state index contributed by atoms with van der Waals surface area (Å²) < 4.78 is 0. The van der Waals surface area contributed by atoms with Crippen LogP contribution in [0, 0.1) is 11.3 Å². The van der Waals surface area contributed by atoms with Crippen molar-refractivity contribution in [2.24, 2.45) is 17.1 Å². The van der Waals surface area contributed by atoms with Crippen LogP contribution in [0.1, 0.15) is 76.3 Å². The van der Waals surface area contributed by atoms with Crippen molar-refractivity contribution in [2.75, 3.05) is 6.54 Å². The maximum atomic E-state index is 13.6. The third-order valence-corrected chi connectivity index (χ3v) is 7.69. The molecule has 1 amide bonds. The lowest BCUT2D eigenvalue weighted by molar-refractivity contribution is -0.132. The minimum absolute atomic E-state index is 0.230. The fourth-order valence-electron chi connectivity index (χ4n) is 5.15. The predicted octanol–water partition coefficient (Wildman–Crippen LogP) is 6.53. The normalized spacial score (nSPS) is 19.3. The summed E-state index contributed by atoms with van der Waals surface area (Å²) in [6.45, 7) is 5.10. The lowest BCUT2D eigenvalue weighted by Crippen LogP contribution is -2.46. The van der Waals surface area contributed by atoms with Crippen LogP contribution in [0.3, 0.4) is 0 Å². The molecule has 0 spiro atoms. The van der Waals surface area contributed by atoms with Gasteiger partial charge in [0.1, 0.15) is 0 Å². The van der Waals surface area contributed by atoms with Gasteiger partial charge in [0.15, 0.2) is 0 Å². The summed E-state index contributed by atoms with van der Waals surface area (Å²) in [5.74, 6) is 0.853. The number of nitrogens with one attached hydrogen (secondary N) is 1. The van der Waals surface area contributed by atoms with Gasteiger partial charge in [-0.05, 0) is 87.0 Å². The minimum atomic E-state index is -0.376. The molecular formula is C30H42N2O. The Bertz CT molecular complexity index is 863. The second-order valence-corrected chi connectivity index (χ2v) is 9.71. The molecule has 0 aromatic heterocycles. The first-order chi connectivity index (χ1) is 16.1. The smallest absolute Gasteiger partial charge is 0.226 e. The fraction of sp³-hybridized carbons (Fsp3) is 0.500. The SMILES string of the molecule is CCC(CC)(C/C(=C/CCc1ccccc1)c1ccccc1)C(=O)N[C@H]1CC[C@H](CN)CC1. The molecule has 33 heavy (non-hydrogen) atoms. The molecule has 0 aliphatic heterocycles. The monoisotopic (exact) mass is 446 g/mol. The molecule has 0 unspecified atom stereocenters. The lowest BCUT2D eigenvalue weighted by atomic mass is 9.74. The van der Waals surface area contributed by atoms with Gasteiger partial charge in [0.05, 0.1) is 5.41 Å². The molecule has 0 atom stereocenters. The largest absolute Gasteiger partial charge is 0.353 e. The van der Waals surface area contributed by atoms with Crippen molar-refractivity contribution in [2.45, 2.75) is 77.7 Å². The molecule has 0 heterocycles. The van der Waals surface area contributed by atoms with Crippen molar-refractivity contribution in [3.05, 3.63) is 77.9 Å². The Balaban J connectivity index is 1.75. The first-order valence-electron chi connectivity index (χ1n) is 12.9. The highest BCUT2D eigenvalue weighted by atomic mass is 16.2. The molecule has 0 radical (unpaired) electrons. The average molecular weight is 447 g/mol. The maximum Gasteiger partial charge on any atom is 0.226 e. The summed E-state index contributed by atoms with van der Waals surface area (Å²) >= 11 is 0. The van der Waals surface area contributed by atoms with Crippen LogP contribution in [0.5, 0.6) is 0 Å². The Morgan fingerprint density at radius 2 is 1.58 bits per heavy atom. The van der Waals surface area contributed by atoms with E-state index in [1.807, 2.05) is 0 Å². The Labute approximate surface area is 200 Å². The van der Waals surface area contributed by atoms with E-state index in [0.29, 0.717) is 12.0 Å². The van der Waals surface area contributed by atoms with E-state index in [0.717, 1.165) is 64.3 Å². The van der Waals surface area contributed by atoms with Crippen LogP contribution < -0.4 is 11.1 Å². The minimum Gasteiger partial charge on any atom is -0.353 e. The van der Waals surface area contributed by atoms with Gasteiger partial charge >= 0.3 is 0 Å². The van der Waals surface area contributed by atoms with Crippen LogP contribution in [0.25, 0.3) is 5.57 Å². The van der Waals surface area contributed by atoms with Gasteiger partial charge < -0.3 is 11.1 Å². The van der Waals surface area contributed by atoms with Crippen molar-refractivity contribution in [3.8, 4) is 0 Å². The molecule has 2 aromatic rings. The van der Waals surface area contributed by atoms with Gasteiger partial charge in [0.25, 0.3) is 0 Å². The van der Waals surface area contributed by atoms with Gasteiger partial charge in [-0.25, -0.2) is 0 Å². The second kappa shape index (κ2) is 12.7. The summed E-state index contributed by atoms with van der Waals surface area (Å²) in [4.78, 5) is 13.6. The third kappa shape index (κ3) is 7.04. The molecular weight excluding hydrogens is 404 g/mol. The Morgan fingerprint density at radius 3 is 2.15 bits per heavy atom. The van der Waals surface area contributed by atoms with Gasteiger partial charge in [0, 0.05) is 6.04 Å². The molecule has 178 valence electrons. The van der Waals surface area contributed by atoms with E-state index in [4.69, 9.17) is 5.73 Å². The number of carbonyl (C=O) groups is 1. The number of nitrogens with two attached hydrogens (primary N) is 1. The topological polar surface area (TPSA) is 55.1 Å². The molecule has 3 N–H and O–H groups in total. The number of aryl methyl sites for hydroxylation is 1. The van der Waals surface area contributed by atoms with Crippen LogP contribution in [-0.2, 0) is 11.2 Å². The Hall–Kier alpha value is -2.39. The number of carbonyl (C=O) groups excluding carboxylic acids is 1. The van der Waals surface area contributed by atoms with Gasteiger partial charge in [-0.2, -0.15) is 0 Å². The van der Waals surface area contributed by atoms with Crippen molar-refractivity contribution >= 4 is 11.5 Å². The molecule has 3 rings (SSSR count). The third-order valence-electron chi connectivity index (χ3n) is 7.69. The van der Waals surface area contributed by atoms with E-state index in [2.05, 4.69) is 85.9 Å². The molecule has 1 aliphatic carbocycles. The van der Waals surface area contributed by atoms with Crippen molar-refractivity contribution in [1.82, 2.24) is 5.32 Å². The summed E-state index contributed by atoms with van der Waals surface area (Å²) in [5.41, 5.74) is 9.35. The summed E-state index contributed by atoms with van der Waals surface area (Å²) in [7, 11) is 0. The molecule has 3 nitrogen and oxygen atoms in total. The Kier molecular flexibility index (Phi) is 9.75. The number of hydrogen-bond donors (Lipinski definition) is 2. The van der Waals surface area contributed by atoms with Crippen LogP contribution in [0.4, 0.5) is 0 Å².